The van der Waals surface area contributed by atoms with E-state index in [9.17, 15) is 56.9 Å². The number of hydrogen-bond donors (Lipinski definition) is 10. The molecule has 0 aliphatic heterocycles. The Kier molecular flexibility index (Phi) is 68.0. The van der Waals surface area contributed by atoms with E-state index in [1.165, 1.54) is 43.4 Å². The lowest BCUT2D eigenvalue weighted by atomic mass is 9.90. The fourth-order valence-electron chi connectivity index (χ4n) is 12.5. The summed E-state index contributed by atoms with van der Waals surface area (Å²) in [6, 6.07) is 0. The number of sulfonamides is 1. The number of ether oxygens (including phenoxy) is 3. The molecule has 11 N–H and O–H groups in total. The second kappa shape index (κ2) is 69.6. The van der Waals surface area contributed by atoms with Crippen molar-refractivity contribution in [3.8, 4) is 0 Å². The SMILES string of the molecule is CC(C)(C)CCCNc1c(N)c(=O)c1=O.CC(C)(C)CCCn1cc(CO)nn1.CC(C)(C)CCCn1cc(COC(C)(C)C)nn1.CC(C)(C)CCCn1ccnn1.CC(C)CCCN(C)S(C)(=O)=O.CN(C)c1c(NCCCC(C)(C)C)c(=O)c1=O.CN/C(=C\[N+](=O)[O-])NCCCC(C)C.CNC(=O)OCCCC(C)(C)C.CNc1c(NCCCC(C)(C)C)c(=O)c1=O.COC(=O)NCCCC(C)(C)C. The number of nitrogens with two attached hydrogens (primary N) is 1. The summed E-state index contributed by atoms with van der Waals surface area (Å²) in [7, 11) is 8.44. The smallest absolute Gasteiger partial charge is 0.406 e. The molecule has 2 amide bonds. The maximum Gasteiger partial charge on any atom is 0.406 e. The first-order valence-corrected chi connectivity index (χ1v) is 52.4. The number of hydrogen-bond acceptors (Lipinski definition) is 30. The van der Waals surface area contributed by atoms with Gasteiger partial charge < -0.3 is 72.5 Å². The highest BCUT2D eigenvalue weighted by molar-refractivity contribution is 7.88. The largest absolute Gasteiger partial charge is 0.453 e. The third-order valence-corrected chi connectivity index (χ3v) is 22.0. The molecule has 3 aromatic heterocycles. The molecule has 0 aliphatic carbocycles. The van der Waals surface area contributed by atoms with Crippen molar-refractivity contribution in [2.24, 2.45) is 55.2 Å². The number of nitrogens with zero attached hydrogens (tertiary/aromatic N) is 12. The minimum atomic E-state index is -2.97. The number of aliphatic hydroxyl groups is 1. The van der Waals surface area contributed by atoms with Gasteiger partial charge in [0.1, 0.15) is 45.5 Å². The Hall–Kier alpha value is -9.43. The quantitative estimate of drug-likeness (QED) is 0.00735. The van der Waals surface area contributed by atoms with Crippen LogP contribution in [0.2, 0.25) is 0 Å². The summed E-state index contributed by atoms with van der Waals surface area (Å²) < 4.78 is 43.8. The molecule has 6 aromatic rings. The van der Waals surface area contributed by atoms with Crippen LogP contribution < -0.4 is 85.7 Å². The highest BCUT2D eigenvalue weighted by Crippen LogP contribution is 2.28. The first-order valence-electron chi connectivity index (χ1n) is 50.5. The summed E-state index contributed by atoms with van der Waals surface area (Å²) in [5.41, 5.74) is 9.15. The van der Waals surface area contributed by atoms with E-state index in [1.54, 1.807) is 64.3 Å². The van der Waals surface area contributed by atoms with Gasteiger partial charge in [-0.1, -0.05) is 210 Å². The van der Waals surface area contributed by atoms with Gasteiger partial charge in [-0.2, -0.15) is 0 Å². The molecule has 0 radical (unpaired) electrons. The molecule has 142 heavy (non-hydrogen) atoms. The highest BCUT2D eigenvalue weighted by atomic mass is 32.2. The summed E-state index contributed by atoms with van der Waals surface area (Å²) in [5.74, 6) is 1.78. The molecule has 0 aliphatic rings. The van der Waals surface area contributed by atoms with Gasteiger partial charge in [0.25, 0.3) is 38.8 Å². The Morgan fingerprint density at radius 1 is 0.493 bits per heavy atom. The molecule has 0 spiro atoms. The first kappa shape index (κ1) is 139. The van der Waals surface area contributed by atoms with Crippen molar-refractivity contribution in [1.82, 2.24) is 70.6 Å². The van der Waals surface area contributed by atoms with E-state index < -0.39 is 36.7 Å². The normalized spacial score (nSPS) is 11.9. The molecule has 6 rings (SSSR count). The standard InChI is InChI=1S/C14H27N3O.C13H22N2O2.C12H20N2O2.C11H18N2O2.C10H19N3O.C9H19N3O2.C9H17N3.2C9H19NO2.C8H19NO2S/c1-13(2,3)8-7-9-17-10-12(15-16-17)11-18-14(4,5)6;1-13(2,3)7-6-8-14-9-10(15(4)5)12(17)11(9)16;1-12(2,3)6-5-7-14-9-8(13-4)10(15)11(9)16;1-11(2,3)5-4-6-13-8-7(12)9(14)10(8)15;1-10(2,3)5-4-6-13-7-9(8-14)11-12-13;1-8(2)5-4-6-11-9(10-3)7-12(13)14;1-9(2,3)5-4-7-12-8-6-10-11-12;1-9(2,3)6-5-7-10-8(11)12-4;1-9(2,3)6-5-7-12-8(11)10-4;1-8(2)6-5-7-9(3)12(4,10)11/h10H,7-9,11H2,1-6H3;14H,6-8H2,1-5H3;13-14H,5-7H2,1-4H3;13H,4-6,12H2,1-3H3;7,14H,4-6,8H2,1-3H3;7-8,10-11H,4-6H2,1-3H3;6,8H,4-5,7H2,1-3H3;2*5-7H2,1-4H3,(H,10,11);8H,5-7H2,1-4H3/b;;;;;9-7+;;;;. The van der Waals surface area contributed by atoms with Gasteiger partial charge in [-0.3, -0.25) is 52.9 Å². The minimum Gasteiger partial charge on any atom is -0.453 e. The van der Waals surface area contributed by atoms with Crippen molar-refractivity contribution in [1.29, 1.82) is 0 Å². The molecule has 0 atom stereocenters. The predicted molar refractivity (Wildman–Crippen MR) is 586 cm³/mol. The number of aliphatic hydroxyl groups excluding tert-OH is 1. The van der Waals surface area contributed by atoms with Crippen molar-refractivity contribution in [3.63, 3.8) is 0 Å². The van der Waals surface area contributed by atoms with E-state index in [-0.39, 0.29) is 40.9 Å². The number of nitro groups is 1. The molecule has 0 unspecified atom stereocenters. The number of nitrogens with one attached hydrogen (secondary N) is 8. The van der Waals surface area contributed by atoms with Gasteiger partial charge in [0, 0.05) is 107 Å². The number of methoxy groups -OCH3 is 1. The van der Waals surface area contributed by atoms with E-state index >= 15 is 0 Å². The van der Waals surface area contributed by atoms with Crippen LogP contribution in [0.15, 0.2) is 65.6 Å². The molecule has 38 heteroatoms. The number of alkyl carbamates (subject to hydrolysis) is 2. The lowest BCUT2D eigenvalue weighted by Crippen LogP contribution is -2.40. The zero-order valence-corrected chi connectivity index (χ0v) is 96.4. The van der Waals surface area contributed by atoms with E-state index in [4.69, 9.17) is 20.3 Å². The highest BCUT2D eigenvalue weighted by Gasteiger charge is 2.25. The Balaban J connectivity index is -0.000000748. The lowest BCUT2D eigenvalue weighted by molar-refractivity contribution is -0.404. The zero-order chi connectivity index (χ0) is 111. The van der Waals surface area contributed by atoms with E-state index in [0.717, 1.165) is 154 Å². The molecule has 0 fully saturated rings. The maximum atomic E-state index is 11.4. The molecule has 3 heterocycles. The van der Waals surface area contributed by atoms with Gasteiger partial charge in [0.15, 0.2) is 5.82 Å². The van der Waals surface area contributed by atoms with Crippen molar-refractivity contribution in [3.05, 3.63) is 120 Å². The number of carbonyl (C=O) groups is 2. The van der Waals surface area contributed by atoms with Gasteiger partial charge in [-0.05, 0) is 204 Å². The fraction of sp³-hybridized carbons (Fsp3) is 0.788. The number of nitrogen functional groups attached to an aromatic ring is 1. The van der Waals surface area contributed by atoms with Gasteiger partial charge in [0.05, 0.1) is 62.3 Å². The Morgan fingerprint density at radius 2 is 0.873 bits per heavy atom. The van der Waals surface area contributed by atoms with Crippen LogP contribution >= 0.6 is 0 Å². The van der Waals surface area contributed by atoms with Crippen molar-refractivity contribution >= 4 is 56.3 Å². The summed E-state index contributed by atoms with van der Waals surface area (Å²) in [6.07, 6.45) is 30.4. The number of carbonyl (C=O) groups excluding carboxylic acids is 2. The molecular weight excluding hydrogens is 1830 g/mol. The van der Waals surface area contributed by atoms with E-state index in [1.807, 2.05) is 42.5 Å². The molecule has 0 bridgehead atoms. The van der Waals surface area contributed by atoms with Crippen molar-refractivity contribution < 1.29 is 42.2 Å². The predicted octanol–water partition coefficient (Wildman–Crippen LogP) is 18.3. The topological polar surface area (TPSA) is 483 Å². The molecular formula is C104H199N21O16S. The lowest BCUT2D eigenvalue weighted by Gasteiger charge is -2.21. The van der Waals surface area contributed by atoms with Crippen molar-refractivity contribution in [2.45, 2.75) is 382 Å². The van der Waals surface area contributed by atoms with E-state index in [2.05, 4.69) is 272 Å². The Morgan fingerprint density at radius 3 is 1.24 bits per heavy atom. The average molecular weight is 2030 g/mol. The monoisotopic (exact) mass is 2030 g/mol. The van der Waals surface area contributed by atoms with E-state index in [0.29, 0.717) is 128 Å². The van der Waals surface area contributed by atoms with Crippen LogP contribution in [0, 0.1) is 65.3 Å². The average Bonchev–Trinajstić information content (AvgIpc) is 0.940. The first-order chi connectivity index (χ1) is 65.0. The number of rotatable bonds is 44. The number of aromatic nitrogens is 9. The Labute approximate surface area is 854 Å². The van der Waals surface area contributed by atoms with Gasteiger partial charge in [0.2, 0.25) is 10.0 Å². The maximum absolute atomic E-state index is 11.4. The fourth-order valence-corrected chi connectivity index (χ4v) is 12.9. The van der Waals surface area contributed by atoms with Crippen LogP contribution in [0.4, 0.5) is 43.7 Å². The third-order valence-electron chi connectivity index (χ3n) is 20.7. The molecule has 3 aromatic carbocycles. The summed E-state index contributed by atoms with van der Waals surface area (Å²) in [6.45, 7) is 75.7. The zero-order valence-electron chi connectivity index (χ0n) is 95.6. The summed E-state index contributed by atoms with van der Waals surface area (Å²) >= 11 is 0. The number of anilines is 6. The summed E-state index contributed by atoms with van der Waals surface area (Å²) in [4.78, 5) is 99.4. The second-order valence-electron chi connectivity index (χ2n) is 47.6. The van der Waals surface area contributed by atoms with Crippen LogP contribution in [-0.4, -0.2) is 187 Å². The molecule has 0 saturated heterocycles. The number of amides is 2. The minimum absolute atomic E-state index is 0.0285. The van der Waals surface area contributed by atoms with Crippen LogP contribution in [0.5, 0.6) is 0 Å². The van der Waals surface area contributed by atoms with Gasteiger partial charge in [-0.25, -0.2) is 22.3 Å². The van der Waals surface area contributed by atoms with Crippen LogP contribution in [0.3, 0.4) is 0 Å². The Bertz CT molecular complexity index is 4700. The third kappa shape index (κ3) is 78.1. The van der Waals surface area contributed by atoms with Gasteiger partial charge >= 0.3 is 12.2 Å². The van der Waals surface area contributed by atoms with Crippen LogP contribution in [0.1, 0.15) is 354 Å². The molecule has 0 saturated carbocycles. The van der Waals surface area contributed by atoms with Crippen molar-refractivity contribution in [2.75, 3.05) is 133 Å². The summed E-state index contributed by atoms with van der Waals surface area (Å²) in [5, 5.41) is 65.0. The second-order valence-corrected chi connectivity index (χ2v) is 49.7. The molecule has 822 valence electrons. The number of aryl methyl sites for hydroxylation is 3. The van der Waals surface area contributed by atoms with Gasteiger partial charge in [-0.15, -0.1) is 15.3 Å². The van der Waals surface area contributed by atoms with Crippen LogP contribution in [-0.2, 0) is 57.1 Å². The molecule has 37 nitrogen and oxygen atoms in total. The van der Waals surface area contributed by atoms with Crippen LogP contribution in [0.25, 0.3) is 0 Å².